The predicted molar refractivity (Wildman–Crippen MR) is 104 cm³/mol. The molecule has 1 saturated carbocycles. The van der Waals surface area contributed by atoms with Crippen molar-refractivity contribution < 1.29 is 27.9 Å². The number of aromatic nitrogens is 1. The molecule has 2 aliphatic rings. The Balaban J connectivity index is 0.000000298. The van der Waals surface area contributed by atoms with Gasteiger partial charge in [-0.25, -0.2) is 9.78 Å². The molecule has 2 aromatic rings. The lowest BCUT2D eigenvalue weighted by Crippen LogP contribution is -2.47. The molecule has 0 bridgehead atoms. The van der Waals surface area contributed by atoms with Crippen molar-refractivity contribution in [2.45, 2.75) is 32.0 Å². The molecule has 2 N–H and O–H groups in total. The van der Waals surface area contributed by atoms with Gasteiger partial charge in [-0.05, 0) is 31.0 Å². The molecule has 0 spiro atoms. The molecule has 1 amide bonds. The molecule has 7 nitrogen and oxygen atoms in total. The van der Waals surface area contributed by atoms with Crippen LogP contribution in [0.2, 0.25) is 0 Å². The predicted octanol–water partition coefficient (Wildman–Crippen LogP) is 3.17. The van der Waals surface area contributed by atoms with Crippen LogP contribution in [0.3, 0.4) is 0 Å². The van der Waals surface area contributed by atoms with Gasteiger partial charge in [-0.3, -0.25) is 9.69 Å². The summed E-state index contributed by atoms with van der Waals surface area (Å²) in [5.41, 5.74) is 1.85. The lowest BCUT2D eigenvalue weighted by molar-refractivity contribution is -0.192. The Hall–Kier alpha value is -2.40. The number of rotatable bonds is 3. The van der Waals surface area contributed by atoms with Crippen LogP contribution in [0, 0.1) is 0 Å². The number of piperazine rings is 1. The third-order valence-electron chi connectivity index (χ3n) is 4.59. The van der Waals surface area contributed by atoms with Crippen LogP contribution in [-0.2, 0) is 9.59 Å². The van der Waals surface area contributed by atoms with Gasteiger partial charge < -0.3 is 15.3 Å². The molecule has 4 rings (SSSR count). The summed E-state index contributed by atoms with van der Waals surface area (Å²) >= 11 is 1.72. The van der Waals surface area contributed by atoms with Gasteiger partial charge in [-0.1, -0.05) is 11.3 Å². The second-order valence-corrected chi connectivity index (χ2v) is 7.93. The Morgan fingerprint density at radius 1 is 1.21 bits per heavy atom. The second-order valence-electron chi connectivity index (χ2n) is 6.92. The van der Waals surface area contributed by atoms with Gasteiger partial charge in [0.1, 0.15) is 0 Å². The number of nitrogens with one attached hydrogen (secondary N) is 1. The van der Waals surface area contributed by atoms with E-state index < -0.39 is 12.1 Å². The van der Waals surface area contributed by atoms with Crippen molar-refractivity contribution >= 4 is 44.2 Å². The zero-order valence-corrected chi connectivity index (χ0v) is 16.5. The van der Waals surface area contributed by atoms with Crippen LogP contribution in [-0.4, -0.2) is 65.3 Å². The van der Waals surface area contributed by atoms with E-state index in [0.29, 0.717) is 0 Å². The zero-order valence-electron chi connectivity index (χ0n) is 15.7. The van der Waals surface area contributed by atoms with Gasteiger partial charge in [-0.15, -0.1) is 0 Å². The highest BCUT2D eigenvalue weighted by molar-refractivity contribution is 7.22. The van der Waals surface area contributed by atoms with Crippen LogP contribution in [0.1, 0.15) is 19.8 Å². The van der Waals surface area contributed by atoms with Gasteiger partial charge >= 0.3 is 12.1 Å². The van der Waals surface area contributed by atoms with Gasteiger partial charge in [0.15, 0.2) is 5.13 Å². The number of aliphatic carboxylic acids is 1. The second kappa shape index (κ2) is 8.54. The minimum absolute atomic E-state index is 0.0414. The molecular formula is C18H21F3N4O3S. The molecule has 158 valence electrons. The largest absolute Gasteiger partial charge is 0.490 e. The monoisotopic (exact) mass is 430 g/mol. The van der Waals surface area contributed by atoms with Crippen LogP contribution >= 0.6 is 11.3 Å². The van der Waals surface area contributed by atoms with E-state index in [0.717, 1.165) is 53.3 Å². The minimum atomic E-state index is -5.08. The molecule has 1 aromatic heterocycles. The summed E-state index contributed by atoms with van der Waals surface area (Å²) in [6.07, 6.45) is -2.32. The summed E-state index contributed by atoms with van der Waals surface area (Å²) in [6, 6.07) is 6.77. The maximum Gasteiger partial charge on any atom is 0.490 e. The smallest absolute Gasteiger partial charge is 0.475 e. The van der Waals surface area contributed by atoms with Crippen molar-refractivity contribution in [3.8, 4) is 0 Å². The van der Waals surface area contributed by atoms with Crippen molar-refractivity contribution in [2.75, 3.05) is 36.4 Å². The number of hydrogen-bond acceptors (Lipinski definition) is 6. The number of hydrogen-bond donors (Lipinski definition) is 2. The first kappa shape index (κ1) is 21.3. The molecule has 1 aromatic carbocycles. The molecule has 29 heavy (non-hydrogen) atoms. The summed E-state index contributed by atoms with van der Waals surface area (Å²) in [4.78, 5) is 29.8. The van der Waals surface area contributed by atoms with Gasteiger partial charge in [0, 0.05) is 44.8 Å². The molecule has 11 heteroatoms. The Morgan fingerprint density at radius 2 is 1.83 bits per heavy atom. The van der Waals surface area contributed by atoms with Gasteiger partial charge in [0.25, 0.3) is 0 Å². The quantitative estimate of drug-likeness (QED) is 0.778. The summed E-state index contributed by atoms with van der Waals surface area (Å²) < 4.78 is 32.9. The third-order valence-corrected chi connectivity index (χ3v) is 5.67. The zero-order chi connectivity index (χ0) is 21.2. The number of amides is 1. The number of carboxylic acids is 1. The maximum absolute atomic E-state index is 11.2. The molecule has 0 unspecified atom stereocenters. The highest BCUT2D eigenvalue weighted by Crippen LogP contribution is 2.33. The Labute approximate surface area is 169 Å². The fourth-order valence-corrected chi connectivity index (χ4v) is 4.10. The lowest BCUT2D eigenvalue weighted by Gasteiger charge is -2.34. The number of halogens is 3. The molecule has 1 aliphatic heterocycles. The Bertz CT molecular complexity index is 890. The molecule has 0 atom stereocenters. The van der Waals surface area contributed by atoms with Crippen molar-refractivity contribution in [2.24, 2.45) is 0 Å². The molecule has 1 aliphatic carbocycles. The number of carboxylic acid groups (broad SMARTS) is 1. The minimum Gasteiger partial charge on any atom is -0.475 e. The number of benzene rings is 1. The highest BCUT2D eigenvalue weighted by atomic mass is 32.1. The number of anilines is 2. The van der Waals surface area contributed by atoms with E-state index in [9.17, 15) is 18.0 Å². The van der Waals surface area contributed by atoms with Crippen LogP contribution in [0.5, 0.6) is 0 Å². The molecule has 2 fully saturated rings. The number of carbonyl (C=O) groups is 2. The molecule has 2 heterocycles. The topological polar surface area (TPSA) is 85.8 Å². The Kier molecular flexibility index (Phi) is 6.27. The average Bonchev–Trinajstić information content (AvgIpc) is 3.40. The lowest BCUT2D eigenvalue weighted by atomic mass is 10.3. The average molecular weight is 430 g/mol. The van der Waals surface area contributed by atoms with E-state index in [1.807, 2.05) is 18.2 Å². The fourth-order valence-electron chi connectivity index (χ4n) is 3.05. The summed E-state index contributed by atoms with van der Waals surface area (Å²) in [5.74, 6) is -2.80. The van der Waals surface area contributed by atoms with Gasteiger partial charge in [-0.2, -0.15) is 13.2 Å². The van der Waals surface area contributed by atoms with Crippen LogP contribution < -0.4 is 10.2 Å². The van der Waals surface area contributed by atoms with Gasteiger partial charge in [0.2, 0.25) is 5.91 Å². The summed E-state index contributed by atoms with van der Waals surface area (Å²) in [7, 11) is 0. The number of alkyl halides is 3. The van der Waals surface area contributed by atoms with Crippen LogP contribution in [0.25, 0.3) is 10.2 Å². The number of thiazole rings is 1. The van der Waals surface area contributed by atoms with E-state index in [4.69, 9.17) is 14.9 Å². The van der Waals surface area contributed by atoms with Crippen LogP contribution in [0.15, 0.2) is 18.2 Å². The standard InChI is InChI=1S/C16H20N4OS.C2HF3O2/c1-11(21)17-12-2-5-14-15(10-12)22-16(18-14)20-8-6-19(7-9-20)13-3-4-13;3-2(4,5)1(6)7/h2,5,10,13H,3-4,6-9H2,1H3,(H,17,21);(H,6,7). The first-order valence-electron chi connectivity index (χ1n) is 9.11. The van der Waals surface area contributed by atoms with Crippen molar-refractivity contribution in [1.82, 2.24) is 9.88 Å². The number of fused-ring (bicyclic) bond motifs is 1. The first-order valence-corrected chi connectivity index (χ1v) is 9.92. The van der Waals surface area contributed by atoms with Crippen molar-refractivity contribution in [1.29, 1.82) is 0 Å². The van der Waals surface area contributed by atoms with E-state index in [2.05, 4.69) is 15.1 Å². The van der Waals surface area contributed by atoms with Gasteiger partial charge in [0.05, 0.1) is 10.2 Å². The molecular weight excluding hydrogens is 409 g/mol. The highest BCUT2D eigenvalue weighted by Gasteiger charge is 2.38. The van der Waals surface area contributed by atoms with E-state index in [1.165, 1.54) is 19.8 Å². The molecule has 1 saturated heterocycles. The number of nitrogens with zero attached hydrogens (tertiary/aromatic N) is 3. The fraction of sp³-hybridized carbons (Fsp3) is 0.500. The molecule has 0 radical (unpaired) electrons. The normalized spacial score (nSPS) is 17.6. The summed E-state index contributed by atoms with van der Waals surface area (Å²) in [6.45, 7) is 5.96. The van der Waals surface area contributed by atoms with E-state index >= 15 is 0 Å². The van der Waals surface area contributed by atoms with Crippen molar-refractivity contribution in [3.63, 3.8) is 0 Å². The first-order chi connectivity index (χ1) is 13.6. The maximum atomic E-state index is 11.2. The SMILES string of the molecule is CC(=O)Nc1ccc2nc(N3CCN(C4CC4)CC3)sc2c1.O=C(O)C(F)(F)F. The van der Waals surface area contributed by atoms with Crippen molar-refractivity contribution in [3.05, 3.63) is 18.2 Å². The van der Waals surface area contributed by atoms with E-state index in [1.54, 1.807) is 11.3 Å². The summed E-state index contributed by atoms with van der Waals surface area (Å²) in [5, 5.41) is 11.1. The van der Waals surface area contributed by atoms with E-state index in [-0.39, 0.29) is 5.91 Å². The third kappa shape index (κ3) is 5.80. The van der Waals surface area contributed by atoms with Crippen LogP contribution in [0.4, 0.5) is 24.0 Å². The Morgan fingerprint density at radius 3 is 2.34 bits per heavy atom. The number of carbonyl (C=O) groups excluding carboxylic acids is 1.